The summed E-state index contributed by atoms with van der Waals surface area (Å²) in [6.07, 6.45) is 3.30. The number of aromatic amines is 1. The second-order valence-corrected chi connectivity index (χ2v) is 7.78. The molecule has 0 unspecified atom stereocenters. The molecule has 1 aliphatic rings. The summed E-state index contributed by atoms with van der Waals surface area (Å²) in [5, 5.41) is 0. The SMILES string of the molecule is C=CCN(C(=O)c1cc(F)cc2[nH]cnc12)[C@H]1CCS(=O)(=O)C1. The number of hydrogen-bond donors (Lipinski definition) is 1. The number of carbonyl (C=O) groups is 1. The first-order valence-electron chi connectivity index (χ1n) is 7.16. The average molecular weight is 337 g/mol. The monoisotopic (exact) mass is 337 g/mol. The van der Waals surface area contributed by atoms with Crippen LogP contribution in [-0.2, 0) is 9.84 Å². The van der Waals surface area contributed by atoms with Crippen LogP contribution in [-0.4, -0.2) is 53.3 Å². The van der Waals surface area contributed by atoms with Crippen LogP contribution in [0.5, 0.6) is 0 Å². The number of hydrogen-bond acceptors (Lipinski definition) is 4. The molecule has 2 heterocycles. The Balaban J connectivity index is 2.00. The van der Waals surface area contributed by atoms with Crippen LogP contribution in [0.15, 0.2) is 31.1 Å². The highest BCUT2D eigenvalue weighted by molar-refractivity contribution is 7.91. The molecular weight excluding hydrogens is 321 g/mol. The van der Waals surface area contributed by atoms with Gasteiger partial charge in [0.15, 0.2) is 9.84 Å². The first kappa shape index (κ1) is 15.7. The minimum Gasteiger partial charge on any atom is -0.344 e. The number of nitrogens with one attached hydrogen (secondary N) is 1. The molecule has 0 aliphatic carbocycles. The van der Waals surface area contributed by atoms with Crippen LogP contribution in [0.4, 0.5) is 4.39 Å². The van der Waals surface area contributed by atoms with Crippen LogP contribution in [0.2, 0.25) is 0 Å². The zero-order chi connectivity index (χ0) is 16.6. The molecule has 0 spiro atoms. The average Bonchev–Trinajstić information content (AvgIpc) is 3.09. The Bertz CT molecular complexity index is 875. The predicted molar refractivity (Wildman–Crippen MR) is 84.3 cm³/mol. The van der Waals surface area contributed by atoms with E-state index in [-0.39, 0.29) is 23.6 Å². The fourth-order valence-electron chi connectivity index (χ4n) is 2.89. The van der Waals surface area contributed by atoms with E-state index in [0.717, 1.165) is 6.07 Å². The van der Waals surface area contributed by atoms with Gasteiger partial charge in [-0.25, -0.2) is 17.8 Å². The van der Waals surface area contributed by atoms with E-state index in [1.54, 1.807) is 0 Å². The van der Waals surface area contributed by atoms with Gasteiger partial charge in [0.1, 0.15) is 11.3 Å². The summed E-state index contributed by atoms with van der Waals surface area (Å²) >= 11 is 0. The second-order valence-electron chi connectivity index (χ2n) is 5.56. The first-order chi connectivity index (χ1) is 10.9. The van der Waals surface area contributed by atoms with Crippen molar-refractivity contribution in [3.05, 3.63) is 42.5 Å². The van der Waals surface area contributed by atoms with Crippen LogP contribution < -0.4 is 0 Å². The van der Waals surface area contributed by atoms with E-state index in [1.807, 2.05) is 0 Å². The maximum atomic E-state index is 13.8. The summed E-state index contributed by atoms with van der Waals surface area (Å²) < 4.78 is 37.1. The number of sulfone groups is 1. The third kappa shape index (κ3) is 2.98. The van der Waals surface area contributed by atoms with Gasteiger partial charge in [-0.15, -0.1) is 6.58 Å². The standard InChI is InChI=1S/C15H16FN3O3S/c1-2-4-19(11-3-5-23(21,22)8-11)15(20)12-6-10(16)7-13-14(12)18-9-17-13/h2,6-7,9,11H,1,3-5,8H2,(H,17,18)/t11-/m0/s1. The summed E-state index contributed by atoms with van der Waals surface area (Å²) in [7, 11) is -3.14. The molecule has 3 rings (SSSR count). The molecule has 1 aromatic carbocycles. The fraction of sp³-hybridized carbons (Fsp3) is 0.333. The second kappa shape index (κ2) is 5.77. The van der Waals surface area contributed by atoms with Crippen LogP contribution in [0.25, 0.3) is 11.0 Å². The molecule has 2 aromatic rings. The number of amides is 1. The molecule has 0 saturated carbocycles. The first-order valence-corrected chi connectivity index (χ1v) is 8.98. The highest BCUT2D eigenvalue weighted by Crippen LogP contribution is 2.23. The zero-order valence-corrected chi connectivity index (χ0v) is 13.1. The predicted octanol–water partition coefficient (Wildman–Crippen LogP) is 1.52. The normalized spacial score (nSPS) is 19.8. The van der Waals surface area contributed by atoms with Crippen molar-refractivity contribution in [3.8, 4) is 0 Å². The van der Waals surface area contributed by atoms with Crippen LogP contribution in [0.1, 0.15) is 16.8 Å². The quantitative estimate of drug-likeness (QED) is 0.858. The van der Waals surface area contributed by atoms with E-state index < -0.39 is 27.6 Å². The lowest BCUT2D eigenvalue weighted by Crippen LogP contribution is -2.41. The van der Waals surface area contributed by atoms with Gasteiger partial charge in [-0.2, -0.15) is 0 Å². The molecular formula is C15H16FN3O3S. The molecule has 1 saturated heterocycles. The number of H-pyrrole nitrogens is 1. The lowest BCUT2D eigenvalue weighted by molar-refractivity contribution is 0.0722. The van der Waals surface area contributed by atoms with Crippen LogP contribution in [0.3, 0.4) is 0 Å². The van der Waals surface area contributed by atoms with Gasteiger partial charge < -0.3 is 9.88 Å². The molecule has 1 aromatic heterocycles. The van der Waals surface area contributed by atoms with Gasteiger partial charge in [0.2, 0.25) is 0 Å². The Labute approximate surface area is 132 Å². The molecule has 0 bridgehead atoms. The van der Waals surface area contributed by atoms with Crippen molar-refractivity contribution >= 4 is 26.8 Å². The van der Waals surface area contributed by atoms with Gasteiger partial charge in [0.25, 0.3) is 5.91 Å². The molecule has 23 heavy (non-hydrogen) atoms. The van der Waals surface area contributed by atoms with Gasteiger partial charge in [-0.05, 0) is 18.6 Å². The van der Waals surface area contributed by atoms with Gasteiger partial charge in [-0.1, -0.05) is 6.08 Å². The lowest BCUT2D eigenvalue weighted by atomic mass is 10.1. The zero-order valence-electron chi connectivity index (χ0n) is 12.3. The number of carbonyl (C=O) groups excluding carboxylic acids is 1. The minimum atomic E-state index is -3.14. The van der Waals surface area contributed by atoms with E-state index in [9.17, 15) is 17.6 Å². The van der Waals surface area contributed by atoms with E-state index in [4.69, 9.17) is 0 Å². The Kier molecular flexibility index (Phi) is 3.93. The van der Waals surface area contributed by atoms with Gasteiger partial charge in [-0.3, -0.25) is 4.79 Å². The van der Waals surface area contributed by atoms with Gasteiger partial charge in [0.05, 0.1) is 28.9 Å². The highest BCUT2D eigenvalue weighted by atomic mass is 32.2. The molecule has 1 atom stereocenters. The summed E-state index contributed by atoms with van der Waals surface area (Å²) in [4.78, 5) is 21.1. The molecule has 0 radical (unpaired) electrons. The van der Waals surface area contributed by atoms with E-state index in [0.29, 0.717) is 17.5 Å². The van der Waals surface area contributed by atoms with Crippen molar-refractivity contribution in [1.82, 2.24) is 14.9 Å². The van der Waals surface area contributed by atoms with E-state index in [1.165, 1.54) is 23.4 Å². The molecule has 8 heteroatoms. The lowest BCUT2D eigenvalue weighted by Gasteiger charge is -2.27. The van der Waals surface area contributed by atoms with Crippen molar-refractivity contribution in [2.75, 3.05) is 18.1 Å². The Hall–Kier alpha value is -2.22. The summed E-state index contributed by atoms with van der Waals surface area (Å²) in [5.41, 5.74) is 0.907. The van der Waals surface area contributed by atoms with Gasteiger partial charge in [0, 0.05) is 12.6 Å². The summed E-state index contributed by atoms with van der Waals surface area (Å²) in [6, 6.07) is 1.96. The number of benzene rings is 1. The van der Waals surface area contributed by atoms with E-state index >= 15 is 0 Å². The number of nitrogens with zero attached hydrogens (tertiary/aromatic N) is 2. The van der Waals surface area contributed by atoms with Crippen molar-refractivity contribution in [2.45, 2.75) is 12.5 Å². The van der Waals surface area contributed by atoms with Crippen LogP contribution in [0, 0.1) is 5.82 Å². The number of halogens is 1. The Morgan fingerprint density at radius 1 is 1.52 bits per heavy atom. The summed E-state index contributed by atoms with van der Waals surface area (Å²) in [6.45, 7) is 3.81. The largest absolute Gasteiger partial charge is 0.344 e. The maximum absolute atomic E-state index is 13.8. The van der Waals surface area contributed by atoms with Crippen molar-refractivity contribution < 1.29 is 17.6 Å². The number of rotatable bonds is 4. The highest BCUT2D eigenvalue weighted by Gasteiger charge is 2.35. The number of aromatic nitrogens is 2. The molecule has 1 fully saturated rings. The molecule has 122 valence electrons. The van der Waals surface area contributed by atoms with Gasteiger partial charge >= 0.3 is 0 Å². The number of imidazole rings is 1. The Morgan fingerprint density at radius 3 is 2.96 bits per heavy atom. The molecule has 1 aliphatic heterocycles. The maximum Gasteiger partial charge on any atom is 0.256 e. The number of fused-ring (bicyclic) bond motifs is 1. The smallest absolute Gasteiger partial charge is 0.256 e. The third-order valence-corrected chi connectivity index (χ3v) is 5.70. The van der Waals surface area contributed by atoms with Crippen molar-refractivity contribution in [2.24, 2.45) is 0 Å². The minimum absolute atomic E-state index is 0.0551. The van der Waals surface area contributed by atoms with Crippen molar-refractivity contribution in [1.29, 1.82) is 0 Å². The van der Waals surface area contributed by atoms with E-state index in [2.05, 4.69) is 16.5 Å². The van der Waals surface area contributed by atoms with Crippen LogP contribution >= 0.6 is 0 Å². The van der Waals surface area contributed by atoms with Crippen molar-refractivity contribution in [3.63, 3.8) is 0 Å². The summed E-state index contributed by atoms with van der Waals surface area (Å²) in [5.74, 6) is -1.02. The Morgan fingerprint density at radius 2 is 2.30 bits per heavy atom. The fourth-order valence-corrected chi connectivity index (χ4v) is 4.62. The molecule has 1 amide bonds. The third-order valence-electron chi connectivity index (χ3n) is 3.95. The topological polar surface area (TPSA) is 83.1 Å². The molecule has 6 nitrogen and oxygen atoms in total. The molecule has 1 N–H and O–H groups in total.